The first-order valence-electron chi connectivity index (χ1n) is 5.42. The molecule has 0 radical (unpaired) electrons. The molecule has 1 unspecified atom stereocenters. The number of rotatable bonds is 6. The lowest BCUT2D eigenvalue weighted by atomic mass is 9.95. The van der Waals surface area contributed by atoms with Gasteiger partial charge < -0.3 is 15.8 Å². The van der Waals surface area contributed by atoms with Crippen molar-refractivity contribution >= 4 is 27.6 Å². The highest BCUT2D eigenvalue weighted by Crippen LogP contribution is 2.29. The highest BCUT2D eigenvalue weighted by atomic mass is 79.9. The van der Waals surface area contributed by atoms with Gasteiger partial charge in [-0.3, -0.25) is 0 Å². The van der Waals surface area contributed by atoms with E-state index in [1.807, 2.05) is 6.92 Å². The van der Waals surface area contributed by atoms with E-state index in [-0.39, 0.29) is 12.1 Å². The molecule has 0 saturated heterocycles. The molecule has 0 aliphatic rings. The summed E-state index contributed by atoms with van der Waals surface area (Å²) >= 11 is 3.38. The van der Waals surface area contributed by atoms with E-state index in [0.717, 1.165) is 6.42 Å². The van der Waals surface area contributed by atoms with Crippen molar-refractivity contribution in [3.63, 3.8) is 0 Å². The second kappa shape index (κ2) is 6.13. The third-order valence-corrected chi connectivity index (χ3v) is 3.54. The third-order valence-electron chi connectivity index (χ3n) is 2.79. The van der Waals surface area contributed by atoms with Crippen LogP contribution in [0.1, 0.15) is 26.7 Å². The summed E-state index contributed by atoms with van der Waals surface area (Å²) in [4.78, 5) is 8.13. The Morgan fingerprint density at radius 2 is 2.12 bits per heavy atom. The lowest BCUT2D eigenvalue weighted by Crippen LogP contribution is -2.35. The number of aliphatic hydroxyl groups excluding tert-OH is 1. The van der Waals surface area contributed by atoms with Gasteiger partial charge in [0.05, 0.1) is 0 Å². The first-order chi connectivity index (χ1) is 8.06. The lowest BCUT2D eigenvalue weighted by Gasteiger charge is -2.30. The van der Waals surface area contributed by atoms with Gasteiger partial charge in [0, 0.05) is 12.1 Å². The van der Waals surface area contributed by atoms with Crippen LogP contribution in [0.15, 0.2) is 10.8 Å². The largest absolute Gasteiger partial charge is 0.396 e. The van der Waals surface area contributed by atoms with Gasteiger partial charge in [0.2, 0.25) is 0 Å². The normalized spacial score (nSPS) is 14.2. The Morgan fingerprint density at radius 3 is 2.65 bits per heavy atom. The zero-order chi connectivity index (χ0) is 12.9. The number of anilines is 2. The fourth-order valence-electron chi connectivity index (χ4n) is 1.42. The maximum atomic E-state index is 9.06. The average molecular weight is 304 g/mol. The molecule has 7 heteroatoms. The second-order valence-corrected chi connectivity index (χ2v) is 4.84. The number of nitrogen functional groups attached to an aromatic ring is 1. The number of aliphatic hydroxyl groups is 1. The molecule has 1 atom stereocenters. The van der Waals surface area contributed by atoms with Gasteiger partial charge in [0.1, 0.15) is 16.6 Å². The number of hydrogen-bond donors (Lipinski definition) is 4. The van der Waals surface area contributed by atoms with Crippen molar-refractivity contribution in [2.45, 2.75) is 32.2 Å². The van der Waals surface area contributed by atoms with Crippen molar-refractivity contribution in [3.8, 4) is 0 Å². The van der Waals surface area contributed by atoms with E-state index in [1.54, 1.807) is 0 Å². The molecule has 1 aromatic heterocycles. The van der Waals surface area contributed by atoms with E-state index in [1.165, 1.54) is 6.33 Å². The molecule has 1 rings (SSSR count). The summed E-state index contributed by atoms with van der Waals surface area (Å²) in [6.45, 7) is 4.22. The standard InChI is InChI=1S/C10H18BrN5O/c1-3-10(2,4-5-17)15-8-7(11)9(16-12)14-6-13-8/h6,17H,3-5,12H2,1-2H3,(H2,13,14,15,16). The van der Waals surface area contributed by atoms with E-state index < -0.39 is 0 Å². The summed E-state index contributed by atoms with van der Waals surface area (Å²) in [6, 6.07) is 0. The molecule has 0 spiro atoms. The summed E-state index contributed by atoms with van der Waals surface area (Å²) in [5.41, 5.74) is 2.27. The van der Waals surface area contributed by atoms with Crippen molar-refractivity contribution in [2.24, 2.45) is 5.84 Å². The van der Waals surface area contributed by atoms with Crippen LogP contribution in [0.3, 0.4) is 0 Å². The Kier molecular flexibility index (Phi) is 5.10. The van der Waals surface area contributed by atoms with Gasteiger partial charge in [0.25, 0.3) is 0 Å². The molecule has 0 amide bonds. The minimum absolute atomic E-state index is 0.127. The van der Waals surface area contributed by atoms with Crippen LogP contribution in [0.5, 0.6) is 0 Å². The molecule has 17 heavy (non-hydrogen) atoms. The first kappa shape index (κ1) is 14.1. The third kappa shape index (κ3) is 3.52. The molecule has 1 heterocycles. The summed E-state index contributed by atoms with van der Waals surface area (Å²) in [7, 11) is 0. The second-order valence-electron chi connectivity index (χ2n) is 4.04. The molecule has 0 bridgehead atoms. The SMILES string of the molecule is CCC(C)(CCO)Nc1ncnc(NN)c1Br. The lowest BCUT2D eigenvalue weighted by molar-refractivity contribution is 0.251. The monoisotopic (exact) mass is 303 g/mol. The highest BCUT2D eigenvalue weighted by molar-refractivity contribution is 9.10. The Balaban J connectivity index is 2.93. The predicted molar refractivity (Wildman–Crippen MR) is 71.6 cm³/mol. The van der Waals surface area contributed by atoms with Crippen molar-refractivity contribution in [1.29, 1.82) is 0 Å². The van der Waals surface area contributed by atoms with Crippen molar-refractivity contribution < 1.29 is 5.11 Å². The van der Waals surface area contributed by atoms with Gasteiger partial charge in [-0.2, -0.15) is 0 Å². The van der Waals surface area contributed by atoms with E-state index in [9.17, 15) is 0 Å². The van der Waals surface area contributed by atoms with Crippen LogP contribution in [-0.4, -0.2) is 27.2 Å². The first-order valence-corrected chi connectivity index (χ1v) is 6.21. The van der Waals surface area contributed by atoms with Crippen LogP contribution >= 0.6 is 15.9 Å². The molecule has 1 aromatic rings. The number of halogens is 1. The van der Waals surface area contributed by atoms with Crippen molar-refractivity contribution in [1.82, 2.24) is 9.97 Å². The van der Waals surface area contributed by atoms with Crippen molar-refractivity contribution in [3.05, 3.63) is 10.8 Å². The minimum Gasteiger partial charge on any atom is -0.396 e. The number of nitrogens with zero attached hydrogens (tertiary/aromatic N) is 2. The van der Waals surface area contributed by atoms with E-state index >= 15 is 0 Å². The van der Waals surface area contributed by atoms with Crippen LogP contribution in [-0.2, 0) is 0 Å². The minimum atomic E-state index is -0.211. The predicted octanol–water partition coefficient (Wildman–Crippen LogP) is 1.49. The van der Waals surface area contributed by atoms with Gasteiger partial charge in [0.15, 0.2) is 5.82 Å². The summed E-state index contributed by atoms with van der Waals surface area (Å²) in [6.07, 6.45) is 2.94. The zero-order valence-corrected chi connectivity index (χ0v) is 11.6. The van der Waals surface area contributed by atoms with Gasteiger partial charge in [-0.05, 0) is 35.7 Å². The van der Waals surface area contributed by atoms with Crippen LogP contribution < -0.4 is 16.6 Å². The van der Waals surface area contributed by atoms with E-state index in [0.29, 0.717) is 22.5 Å². The van der Waals surface area contributed by atoms with Crippen LogP contribution in [0, 0.1) is 0 Å². The van der Waals surface area contributed by atoms with Gasteiger partial charge in [-0.15, -0.1) is 0 Å². The quantitative estimate of drug-likeness (QED) is 0.470. The van der Waals surface area contributed by atoms with E-state index in [4.69, 9.17) is 10.9 Å². The van der Waals surface area contributed by atoms with E-state index in [2.05, 4.69) is 43.6 Å². The molecular formula is C10H18BrN5O. The van der Waals surface area contributed by atoms with Crippen LogP contribution in [0.25, 0.3) is 0 Å². The molecule has 0 fully saturated rings. The smallest absolute Gasteiger partial charge is 0.159 e. The Labute approximate surface area is 109 Å². The number of nitrogens with two attached hydrogens (primary N) is 1. The average Bonchev–Trinajstić information content (AvgIpc) is 2.32. The highest BCUT2D eigenvalue weighted by Gasteiger charge is 2.23. The topological polar surface area (TPSA) is 96.1 Å². The fourth-order valence-corrected chi connectivity index (χ4v) is 1.84. The summed E-state index contributed by atoms with van der Waals surface area (Å²) < 4.78 is 0.681. The molecule has 96 valence electrons. The Hall–Kier alpha value is -0.920. The molecule has 0 aliphatic heterocycles. The maximum absolute atomic E-state index is 9.06. The molecule has 0 aliphatic carbocycles. The number of aromatic nitrogens is 2. The van der Waals surface area contributed by atoms with Gasteiger partial charge in [-0.1, -0.05) is 6.92 Å². The molecule has 5 N–H and O–H groups in total. The van der Waals surface area contributed by atoms with Crippen LogP contribution in [0.4, 0.5) is 11.6 Å². The summed E-state index contributed by atoms with van der Waals surface area (Å²) in [5, 5.41) is 12.4. The Morgan fingerprint density at radius 1 is 1.47 bits per heavy atom. The molecule has 0 aromatic carbocycles. The number of nitrogens with one attached hydrogen (secondary N) is 2. The van der Waals surface area contributed by atoms with Gasteiger partial charge >= 0.3 is 0 Å². The molecule has 0 saturated carbocycles. The molecular weight excluding hydrogens is 286 g/mol. The summed E-state index contributed by atoms with van der Waals surface area (Å²) in [5.74, 6) is 6.51. The number of hydrogen-bond acceptors (Lipinski definition) is 6. The maximum Gasteiger partial charge on any atom is 0.159 e. The van der Waals surface area contributed by atoms with Crippen molar-refractivity contribution in [2.75, 3.05) is 17.3 Å². The molecule has 6 nitrogen and oxygen atoms in total. The Bertz CT molecular complexity index is 376. The van der Waals surface area contributed by atoms with Crippen LogP contribution in [0.2, 0.25) is 0 Å². The van der Waals surface area contributed by atoms with Gasteiger partial charge in [-0.25, -0.2) is 15.8 Å². The number of hydrazine groups is 1. The fraction of sp³-hybridized carbons (Fsp3) is 0.600. The zero-order valence-electron chi connectivity index (χ0n) is 10.00.